The van der Waals surface area contributed by atoms with Gasteiger partial charge in [0, 0.05) is 22.9 Å². The normalized spacial score (nSPS) is 10.8. The topological polar surface area (TPSA) is 37.8 Å². The molecule has 0 unspecified atom stereocenters. The van der Waals surface area contributed by atoms with Crippen LogP contribution in [-0.2, 0) is 0 Å². The molecule has 0 aliphatic heterocycles. The lowest BCUT2D eigenvalue weighted by Crippen LogP contribution is -2.02. The minimum atomic E-state index is 0.510. The average Bonchev–Trinajstić information content (AvgIpc) is 2.51. The van der Waals surface area contributed by atoms with Crippen molar-refractivity contribution in [3.8, 4) is 11.3 Å². The van der Waals surface area contributed by atoms with E-state index in [1.807, 2.05) is 43.3 Å². The van der Waals surface area contributed by atoms with Crippen LogP contribution in [0, 0.1) is 0 Å². The molecule has 0 fully saturated rings. The highest BCUT2D eigenvalue weighted by molar-refractivity contribution is 6.42. The fourth-order valence-electron chi connectivity index (χ4n) is 2.26. The van der Waals surface area contributed by atoms with Crippen LogP contribution in [0.1, 0.15) is 6.92 Å². The van der Waals surface area contributed by atoms with Gasteiger partial charge in [0.2, 0.25) is 0 Å². The minimum absolute atomic E-state index is 0.510. The van der Waals surface area contributed by atoms with Crippen LogP contribution in [0.15, 0.2) is 42.5 Å². The van der Waals surface area contributed by atoms with Gasteiger partial charge < -0.3 is 5.32 Å². The van der Waals surface area contributed by atoms with Crippen molar-refractivity contribution >= 4 is 39.8 Å². The van der Waals surface area contributed by atoms with E-state index in [9.17, 15) is 0 Å². The molecule has 0 spiro atoms. The molecular formula is C16H13Cl2N3. The Hall–Kier alpha value is -1.84. The van der Waals surface area contributed by atoms with Crippen LogP contribution in [0.4, 0.5) is 5.82 Å². The number of anilines is 1. The summed E-state index contributed by atoms with van der Waals surface area (Å²) in [6, 6.07) is 13.5. The number of benzene rings is 2. The number of aromatic nitrogens is 2. The summed E-state index contributed by atoms with van der Waals surface area (Å²) in [5, 5.41) is 15.0. The van der Waals surface area contributed by atoms with Gasteiger partial charge in [-0.2, -0.15) is 0 Å². The lowest BCUT2D eigenvalue weighted by molar-refractivity contribution is 1.03. The van der Waals surface area contributed by atoms with Crippen LogP contribution in [0.5, 0.6) is 0 Å². The maximum absolute atomic E-state index is 6.10. The Balaban J connectivity index is 2.23. The van der Waals surface area contributed by atoms with Crippen molar-refractivity contribution < 1.29 is 0 Å². The van der Waals surface area contributed by atoms with Crippen molar-refractivity contribution in [2.24, 2.45) is 0 Å². The quantitative estimate of drug-likeness (QED) is 0.735. The first kappa shape index (κ1) is 14.1. The van der Waals surface area contributed by atoms with E-state index in [-0.39, 0.29) is 0 Å². The number of hydrogen-bond acceptors (Lipinski definition) is 3. The number of nitrogens with one attached hydrogen (secondary N) is 1. The van der Waals surface area contributed by atoms with Gasteiger partial charge in [-0.25, -0.2) is 0 Å². The second kappa shape index (κ2) is 5.88. The molecule has 1 N–H and O–H groups in total. The Labute approximate surface area is 132 Å². The van der Waals surface area contributed by atoms with Gasteiger partial charge in [-0.1, -0.05) is 53.5 Å². The Kier molecular flexibility index (Phi) is 3.95. The van der Waals surface area contributed by atoms with Crippen molar-refractivity contribution in [2.45, 2.75) is 6.92 Å². The van der Waals surface area contributed by atoms with E-state index in [2.05, 4.69) is 15.5 Å². The lowest BCUT2D eigenvalue weighted by atomic mass is 10.0. The monoisotopic (exact) mass is 317 g/mol. The second-order valence-electron chi connectivity index (χ2n) is 4.60. The van der Waals surface area contributed by atoms with Crippen LogP contribution in [-0.4, -0.2) is 16.7 Å². The smallest absolute Gasteiger partial charge is 0.156 e. The zero-order chi connectivity index (χ0) is 14.8. The molecule has 0 aliphatic rings. The fourth-order valence-corrected chi connectivity index (χ4v) is 2.56. The predicted molar refractivity (Wildman–Crippen MR) is 89.2 cm³/mol. The predicted octanol–water partition coefficient (Wildman–Crippen LogP) is 5.04. The molecule has 3 rings (SSSR count). The van der Waals surface area contributed by atoms with Crippen molar-refractivity contribution in [1.29, 1.82) is 0 Å². The lowest BCUT2D eigenvalue weighted by Gasteiger charge is -2.10. The van der Waals surface area contributed by atoms with Crippen LogP contribution in [0.3, 0.4) is 0 Å². The number of halogens is 2. The van der Waals surface area contributed by atoms with E-state index in [0.717, 1.165) is 34.4 Å². The van der Waals surface area contributed by atoms with Crippen LogP contribution >= 0.6 is 23.2 Å². The summed E-state index contributed by atoms with van der Waals surface area (Å²) in [7, 11) is 0. The third-order valence-corrected chi connectivity index (χ3v) is 3.96. The molecule has 0 saturated carbocycles. The first-order chi connectivity index (χ1) is 10.2. The second-order valence-corrected chi connectivity index (χ2v) is 5.42. The highest BCUT2D eigenvalue weighted by atomic mass is 35.5. The van der Waals surface area contributed by atoms with E-state index < -0.39 is 0 Å². The molecule has 1 heterocycles. The van der Waals surface area contributed by atoms with Gasteiger partial charge in [0.1, 0.15) is 5.69 Å². The van der Waals surface area contributed by atoms with Crippen molar-refractivity contribution in [2.75, 3.05) is 11.9 Å². The van der Waals surface area contributed by atoms with E-state index in [4.69, 9.17) is 23.2 Å². The highest BCUT2D eigenvalue weighted by Gasteiger charge is 2.11. The van der Waals surface area contributed by atoms with Gasteiger partial charge in [0.15, 0.2) is 5.82 Å². The molecule has 0 radical (unpaired) electrons. The van der Waals surface area contributed by atoms with E-state index in [0.29, 0.717) is 10.0 Å². The molecule has 1 aromatic heterocycles. The number of fused-ring (bicyclic) bond motifs is 1. The average molecular weight is 318 g/mol. The number of rotatable bonds is 3. The standard InChI is InChI=1S/C16H13Cl2N3/c1-2-19-16-12-6-4-3-5-11(12)15(20-21-16)10-7-8-13(17)14(18)9-10/h3-9H,2H2,1H3,(H,19,21). The molecule has 106 valence electrons. The molecule has 0 amide bonds. The molecule has 0 atom stereocenters. The minimum Gasteiger partial charge on any atom is -0.368 e. The zero-order valence-corrected chi connectivity index (χ0v) is 12.9. The Morgan fingerprint density at radius 2 is 1.71 bits per heavy atom. The Morgan fingerprint density at radius 3 is 2.43 bits per heavy atom. The summed E-state index contributed by atoms with van der Waals surface area (Å²) in [5.74, 6) is 0.789. The van der Waals surface area contributed by atoms with E-state index >= 15 is 0 Å². The van der Waals surface area contributed by atoms with Gasteiger partial charge in [0.05, 0.1) is 10.0 Å². The van der Waals surface area contributed by atoms with E-state index in [1.165, 1.54) is 0 Å². The van der Waals surface area contributed by atoms with E-state index in [1.54, 1.807) is 6.07 Å². The summed E-state index contributed by atoms with van der Waals surface area (Å²) in [6.07, 6.45) is 0. The van der Waals surface area contributed by atoms with Crippen molar-refractivity contribution in [3.63, 3.8) is 0 Å². The molecular weight excluding hydrogens is 305 g/mol. The summed E-state index contributed by atoms with van der Waals surface area (Å²) >= 11 is 12.1. The molecule has 5 heteroatoms. The van der Waals surface area contributed by atoms with Gasteiger partial charge in [-0.05, 0) is 19.1 Å². The van der Waals surface area contributed by atoms with Gasteiger partial charge in [0.25, 0.3) is 0 Å². The molecule has 0 aliphatic carbocycles. The van der Waals surface area contributed by atoms with Crippen molar-refractivity contribution in [3.05, 3.63) is 52.5 Å². The third-order valence-electron chi connectivity index (χ3n) is 3.22. The zero-order valence-electron chi connectivity index (χ0n) is 11.4. The summed E-state index contributed by atoms with van der Waals surface area (Å²) in [6.45, 7) is 2.83. The maximum Gasteiger partial charge on any atom is 0.156 e. The van der Waals surface area contributed by atoms with Crippen LogP contribution in [0.2, 0.25) is 10.0 Å². The van der Waals surface area contributed by atoms with Crippen LogP contribution in [0.25, 0.3) is 22.0 Å². The molecule has 3 nitrogen and oxygen atoms in total. The molecule has 0 saturated heterocycles. The first-order valence-corrected chi connectivity index (χ1v) is 7.41. The maximum atomic E-state index is 6.10. The first-order valence-electron chi connectivity index (χ1n) is 6.65. The van der Waals surface area contributed by atoms with Gasteiger partial charge >= 0.3 is 0 Å². The molecule has 0 bridgehead atoms. The molecule has 3 aromatic rings. The van der Waals surface area contributed by atoms with Gasteiger partial charge in [-0.3, -0.25) is 0 Å². The fraction of sp³-hybridized carbons (Fsp3) is 0.125. The third kappa shape index (κ3) is 2.67. The summed E-state index contributed by atoms with van der Waals surface area (Å²) < 4.78 is 0. The SMILES string of the molecule is CCNc1nnc(-c2ccc(Cl)c(Cl)c2)c2ccccc12. The van der Waals surface area contributed by atoms with Crippen molar-refractivity contribution in [1.82, 2.24) is 10.2 Å². The Morgan fingerprint density at radius 1 is 0.952 bits per heavy atom. The molecule has 2 aromatic carbocycles. The Bertz CT molecular complexity index is 803. The van der Waals surface area contributed by atoms with Crippen LogP contribution < -0.4 is 5.32 Å². The molecule has 21 heavy (non-hydrogen) atoms. The largest absolute Gasteiger partial charge is 0.368 e. The summed E-state index contributed by atoms with van der Waals surface area (Å²) in [5.41, 5.74) is 1.70. The number of nitrogens with zero attached hydrogens (tertiary/aromatic N) is 2. The number of hydrogen-bond donors (Lipinski definition) is 1. The van der Waals surface area contributed by atoms with Gasteiger partial charge in [-0.15, -0.1) is 10.2 Å². The summed E-state index contributed by atoms with van der Waals surface area (Å²) in [4.78, 5) is 0. The highest BCUT2D eigenvalue weighted by Crippen LogP contribution is 2.32.